The zero-order chi connectivity index (χ0) is 21.1. The van der Waals surface area contributed by atoms with Crippen LogP contribution in [-0.4, -0.2) is 49.6 Å². The summed E-state index contributed by atoms with van der Waals surface area (Å²) in [7, 11) is -5.17. The van der Waals surface area contributed by atoms with Crippen LogP contribution >= 0.6 is 46.4 Å². The van der Waals surface area contributed by atoms with Crippen LogP contribution < -0.4 is 11.5 Å². The van der Waals surface area contributed by atoms with Gasteiger partial charge in [0, 0.05) is 21.5 Å². The second kappa shape index (κ2) is 17.0. The maximum atomic E-state index is 9.46. The Labute approximate surface area is 217 Å². The van der Waals surface area contributed by atoms with Crippen molar-refractivity contribution < 1.29 is 70.7 Å². The molecule has 2 aromatic carbocycles. The molecule has 0 heterocycles. The minimum absolute atomic E-state index is 0. The molecule has 0 aliphatic rings. The number of benzene rings is 2. The molecule has 0 aliphatic carbocycles. The molecular formula is C14H20Cl4N2O10PtS. The smallest absolute Gasteiger partial charge is 0.759 e. The Kier molecular flexibility index (Phi) is 22.2. The molecule has 0 saturated heterocycles. The summed E-state index contributed by atoms with van der Waals surface area (Å²) in [5, 5.41) is 19.6. The predicted octanol–water partition coefficient (Wildman–Crippen LogP) is -0.228. The molecule has 0 bridgehead atoms. The van der Waals surface area contributed by atoms with Crippen LogP contribution in [0.1, 0.15) is 23.2 Å². The third-order valence-electron chi connectivity index (χ3n) is 3.18. The molecule has 0 spiro atoms. The van der Waals surface area contributed by atoms with Crippen molar-refractivity contribution in [2.24, 2.45) is 11.5 Å². The normalized spacial score (nSPS) is 11.4. The molecule has 0 fully saturated rings. The topological polar surface area (TPSA) is 299 Å². The van der Waals surface area contributed by atoms with Gasteiger partial charge in [-0.25, -0.2) is 0 Å². The molecule has 12 nitrogen and oxygen atoms in total. The molecule has 0 aliphatic heterocycles. The van der Waals surface area contributed by atoms with Crippen molar-refractivity contribution in [3.63, 3.8) is 0 Å². The van der Waals surface area contributed by atoms with Gasteiger partial charge in [-0.05, 0) is 24.3 Å². The van der Waals surface area contributed by atoms with Gasteiger partial charge in [0.1, 0.15) is 11.5 Å². The monoisotopic (exact) mass is 743 g/mol. The molecule has 2 atom stereocenters. The Balaban J connectivity index is -0.000000220. The van der Waals surface area contributed by atoms with E-state index in [1.54, 1.807) is 0 Å². The standard InChI is InChI=1S/C14H12Cl4N2O2.H2O4S.4H2O.Pt/c15-7-1-5(21)2-8(16)11(7)13(19)14(20)12-9(17)3-6(22)4-10(12)18;1-5(2,3)4;;;;;/h1-4,13-14,21-22H,19-20H2;(H2,1,2,3,4);4*1H2;/q;;;;;;+2/p-2. The summed E-state index contributed by atoms with van der Waals surface area (Å²) in [5.74, 6) is -0.166. The van der Waals surface area contributed by atoms with Crippen molar-refractivity contribution in [3.05, 3.63) is 55.5 Å². The van der Waals surface area contributed by atoms with Gasteiger partial charge < -0.3 is 52.7 Å². The molecule has 18 heteroatoms. The van der Waals surface area contributed by atoms with E-state index < -0.39 is 22.5 Å². The van der Waals surface area contributed by atoms with Crippen LogP contribution in [0, 0.1) is 0 Å². The van der Waals surface area contributed by atoms with Crippen molar-refractivity contribution >= 4 is 56.8 Å². The van der Waals surface area contributed by atoms with Crippen LogP contribution in [0.3, 0.4) is 0 Å². The van der Waals surface area contributed by atoms with Gasteiger partial charge in [-0.2, -0.15) is 0 Å². The van der Waals surface area contributed by atoms with Gasteiger partial charge in [-0.15, -0.1) is 0 Å². The van der Waals surface area contributed by atoms with Crippen LogP contribution in [0.2, 0.25) is 20.1 Å². The first-order chi connectivity index (χ1) is 12.2. The molecule has 0 aromatic heterocycles. The zero-order valence-corrected chi connectivity index (χ0v) is 21.5. The first-order valence-corrected chi connectivity index (χ1v) is 9.60. The quantitative estimate of drug-likeness (QED) is 0.240. The summed E-state index contributed by atoms with van der Waals surface area (Å²) in [6.45, 7) is 0. The Morgan fingerprint density at radius 2 is 0.844 bits per heavy atom. The van der Waals surface area contributed by atoms with Gasteiger partial charge in [0.25, 0.3) is 0 Å². The number of phenols is 2. The SMILES string of the molecule is NC(c1c(Cl)cc(O)cc1Cl)C(N)c1c(Cl)cc(O)cc1Cl.O.O.O.O.O=S(=O)([O-])[O-].[Pt+2]. The van der Waals surface area contributed by atoms with Gasteiger partial charge in [0.15, 0.2) is 0 Å². The molecule has 190 valence electrons. The summed E-state index contributed by atoms with van der Waals surface area (Å²) in [6, 6.07) is 3.62. The molecular weight excluding hydrogens is 725 g/mol. The minimum Gasteiger partial charge on any atom is -0.759 e. The summed E-state index contributed by atoms with van der Waals surface area (Å²) < 4.78 is 34.1. The number of phenolic OH excluding ortho intramolecular Hbond substituents is 2. The molecule has 32 heavy (non-hydrogen) atoms. The van der Waals surface area contributed by atoms with Gasteiger partial charge in [0.05, 0.1) is 32.2 Å². The first-order valence-electron chi connectivity index (χ1n) is 6.76. The number of aromatic hydroxyl groups is 2. The van der Waals surface area contributed by atoms with Crippen molar-refractivity contribution in [2.45, 2.75) is 12.1 Å². The van der Waals surface area contributed by atoms with Gasteiger partial charge >= 0.3 is 21.1 Å². The average molecular weight is 745 g/mol. The van der Waals surface area contributed by atoms with E-state index in [1.165, 1.54) is 24.3 Å². The zero-order valence-electron chi connectivity index (χ0n) is 15.4. The van der Waals surface area contributed by atoms with Crippen molar-refractivity contribution in [2.75, 3.05) is 0 Å². The van der Waals surface area contributed by atoms with E-state index in [0.717, 1.165) is 0 Å². The second-order valence-corrected chi connectivity index (χ2v) is 7.55. The van der Waals surface area contributed by atoms with Crippen molar-refractivity contribution in [1.82, 2.24) is 0 Å². The van der Waals surface area contributed by atoms with E-state index in [1.807, 2.05) is 0 Å². The maximum absolute atomic E-state index is 9.46. The minimum atomic E-state index is -5.17. The fourth-order valence-electron chi connectivity index (χ4n) is 2.14. The predicted molar refractivity (Wildman–Crippen MR) is 115 cm³/mol. The van der Waals surface area contributed by atoms with Gasteiger partial charge in [-0.1, -0.05) is 46.4 Å². The van der Waals surface area contributed by atoms with E-state index in [9.17, 15) is 10.2 Å². The molecule has 0 amide bonds. The molecule has 14 N–H and O–H groups in total. The number of nitrogens with two attached hydrogens (primary N) is 2. The third-order valence-corrected chi connectivity index (χ3v) is 4.43. The molecule has 2 unspecified atom stereocenters. The van der Waals surface area contributed by atoms with Gasteiger partial charge in [0.2, 0.25) is 0 Å². The Bertz CT molecular complexity index is 840. The second-order valence-electron chi connectivity index (χ2n) is 5.11. The number of halogens is 4. The average Bonchev–Trinajstić information content (AvgIpc) is 2.42. The number of hydrogen-bond donors (Lipinski definition) is 4. The van der Waals surface area contributed by atoms with Crippen molar-refractivity contribution in [1.29, 1.82) is 0 Å². The van der Waals surface area contributed by atoms with E-state index in [0.29, 0.717) is 11.1 Å². The molecule has 2 rings (SSSR count). The first kappa shape index (κ1) is 41.7. The molecule has 0 radical (unpaired) electrons. The summed E-state index contributed by atoms with van der Waals surface area (Å²) in [4.78, 5) is 0. The Hall–Kier alpha value is -0.482. The fourth-order valence-corrected chi connectivity index (χ4v) is 3.59. The molecule has 2 aromatic rings. The van der Waals surface area contributed by atoms with E-state index in [4.69, 9.17) is 75.4 Å². The van der Waals surface area contributed by atoms with Crippen LogP contribution in [0.5, 0.6) is 11.5 Å². The number of hydrogen-bond acceptors (Lipinski definition) is 8. The maximum Gasteiger partial charge on any atom is 2.00 e. The van der Waals surface area contributed by atoms with Crippen LogP contribution in [0.15, 0.2) is 24.3 Å². The largest absolute Gasteiger partial charge is 2.00 e. The van der Waals surface area contributed by atoms with E-state index in [2.05, 4.69) is 0 Å². The van der Waals surface area contributed by atoms with Crippen molar-refractivity contribution in [3.8, 4) is 11.5 Å². The summed E-state index contributed by atoms with van der Waals surface area (Å²) in [5.41, 5.74) is 13.0. The summed E-state index contributed by atoms with van der Waals surface area (Å²) >= 11 is 24.3. The van der Waals surface area contributed by atoms with Crippen LogP contribution in [0.25, 0.3) is 0 Å². The third kappa shape index (κ3) is 12.7. The van der Waals surface area contributed by atoms with E-state index in [-0.39, 0.29) is 74.6 Å². The van der Waals surface area contributed by atoms with Crippen LogP contribution in [-0.2, 0) is 31.5 Å². The number of rotatable bonds is 3. The summed E-state index contributed by atoms with van der Waals surface area (Å²) in [6.07, 6.45) is 0. The van der Waals surface area contributed by atoms with Gasteiger partial charge in [-0.3, -0.25) is 8.42 Å². The Morgan fingerprint density at radius 3 is 1.00 bits per heavy atom. The van der Waals surface area contributed by atoms with Crippen LogP contribution in [0.4, 0.5) is 0 Å². The van der Waals surface area contributed by atoms with E-state index >= 15 is 0 Å². The molecule has 0 saturated carbocycles. The Morgan fingerprint density at radius 1 is 0.688 bits per heavy atom. The fraction of sp³-hybridized carbons (Fsp3) is 0.143.